The summed E-state index contributed by atoms with van der Waals surface area (Å²) >= 11 is 0. The average molecular weight is 654 g/mol. The van der Waals surface area contributed by atoms with E-state index >= 15 is 0 Å². The minimum Gasteiger partial charge on any atom is -0.444 e. The van der Waals surface area contributed by atoms with E-state index in [2.05, 4.69) is 74.6 Å². The van der Waals surface area contributed by atoms with E-state index in [0.717, 1.165) is 61.7 Å². The number of rotatable bonds is 5. The van der Waals surface area contributed by atoms with Gasteiger partial charge in [0.2, 0.25) is 0 Å². The lowest BCUT2D eigenvalue weighted by molar-refractivity contribution is -0.154. The normalized spacial score (nSPS) is 35.7. The molecule has 1 amide bonds. The van der Waals surface area contributed by atoms with E-state index in [0.29, 0.717) is 36.9 Å². The summed E-state index contributed by atoms with van der Waals surface area (Å²) in [6.45, 7) is 29.6. The number of fused-ring (bicyclic) bond motifs is 2. The minimum atomic E-state index is -0.336. The molecule has 0 aromatic carbocycles. The van der Waals surface area contributed by atoms with E-state index in [1.807, 2.05) is 13.8 Å². The first-order chi connectivity index (χ1) is 21.4. The Balaban J connectivity index is 0.000000168. The smallest absolute Gasteiger partial charge is 0.407 e. The lowest BCUT2D eigenvalue weighted by Crippen LogP contribution is -2.35. The maximum Gasteiger partial charge on any atom is 0.407 e. The first-order valence-corrected chi connectivity index (χ1v) is 18.6. The third-order valence-corrected chi connectivity index (χ3v) is 10.7. The molecule has 1 N–H and O–H groups in total. The number of carbonyl (C=O) groups is 1. The van der Waals surface area contributed by atoms with Crippen molar-refractivity contribution in [2.75, 3.05) is 26.4 Å². The molecule has 270 valence electrons. The molecule has 8 nitrogen and oxygen atoms in total. The molecule has 4 saturated heterocycles. The van der Waals surface area contributed by atoms with Crippen LogP contribution in [0, 0.1) is 41.4 Å². The summed E-state index contributed by atoms with van der Waals surface area (Å²) in [6.07, 6.45) is 9.68. The van der Waals surface area contributed by atoms with Crippen molar-refractivity contribution in [1.29, 1.82) is 0 Å². The second kappa shape index (κ2) is 17.6. The molecule has 0 spiro atoms. The van der Waals surface area contributed by atoms with Gasteiger partial charge in [0.25, 0.3) is 0 Å². The van der Waals surface area contributed by atoms with E-state index < -0.39 is 0 Å². The number of alkyl carbamates (subject to hydrolysis) is 1. The van der Waals surface area contributed by atoms with Crippen LogP contribution in [0.25, 0.3) is 0 Å². The highest BCUT2D eigenvalue weighted by atomic mass is 16.8. The molecule has 6 aliphatic rings. The molecule has 2 aliphatic carbocycles. The number of hydrogen-bond donors (Lipinski definition) is 1. The molecule has 0 bridgehead atoms. The number of carbonyl (C=O) groups excluding carboxylic acids is 1. The van der Waals surface area contributed by atoms with Crippen molar-refractivity contribution < 1.29 is 33.2 Å². The zero-order chi connectivity index (χ0) is 34.2. The van der Waals surface area contributed by atoms with Crippen molar-refractivity contribution in [3.05, 3.63) is 0 Å². The second-order valence-corrected chi connectivity index (χ2v) is 17.1. The summed E-state index contributed by atoms with van der Waals surface area (Å²) < 4.78 is 33.6. The number of nitrogens with one attached hydrogen (secondary N) is 1. The topological polar surface area (TPSA) is 84.5 Å². The predicted molar refractivity (Wildman–Crippen MR) is 184 cm³/mol. The van der Waals surface area contributed by atoms with Crippen molar-refractivity contribution in [3.63, 3.8) is 0 Å². The van der Waals surface area contributed by atoms with Crippen LogP contribution in [0.15, 0.2) is 0 Å². The molecular weight excluding hydrogens is 582 g/mol. The Kier molecular flexibility index (Phi) is 15.2. The SMILES string of the molecule is CC(C)C1CC2OCCOC2C1.CC(C)C1CCC(C)(C)OC1.CC(C)C1C[C@@H]2OC(C)(C)O[C@@H]2C1.CC(C)CC1CNC(=O)O1. The van der Waals surface area contributed by atoms with E-state index in [-0.39, 0.29) is 23.6 Å². The number of cyclic esters (lactones) is 1. The van der Waals surface area contributed by atoms with Crippen LogP contribution in [0.2, 0.25) is 0 Å². The van der Waals surface area contributed by atoms with Crippen molar-refractivity contribution in [1.82, 2.24) is 5.32 Å². The van der Waals surface area contributed by atoms with E-state index in [4.69, 9.17) is 28.4 Å². The Morgan fingerprint density at radius 2 is 1.20 bits per heavy atom. The van der Waals surface area contributed by atoms with E-state index in [9.17, 15) is 4.79 Å². The first kappa shape index (κ1) is 39.5. The first-order valence-electron chi connectivity index (χ1n) is 18.6. The molecule has 8 heteroatoms. The second-order valence-electron chi connectivity index (χ2n) is 17.1. The van der Waals surface area contributed by atoms with Gasteiger partial charge >= 0.3 is 6.09 Å². The maximum atomic E-state index is 10.5. The van der Waals surface area contributed by atoms with Crippen LogP contribution in [0.3, 0.4) is 0 Å². The Morgan fingerprint density at radius 1 is 0.717 bits per heavy atom. The largest absolute Gasteiger partial charge is 0.444 e. The molecule has 4 aliphatic heterocycles. The lowest BCUT2D eigenvalue weighted by Gasteiger charge is -2.36. The van der Waals surface area contributed by atoms with Gasteiger partial charge in [-0.15, -0.1) is 0 Å². The van der Waals surface area contributed by atoms with Crippen molar-refractivity contribution >= 4 is 6.09 Å². The van der Waals surface area contributed by atoms with Crippen molar-refractivity contribution in [2.24, 2.45) is 41.4 Å². The van der Waals surface area contributed by atoms with Crippen LogP contribution in [0.4, 0.5) is 4.79 Å². The van der Waals surface area contributed by atoms with Gasteiger partial charge in [-0.05, 0) is 114 Å². The van der Waals surface area contributed by atoms with E-state index in [1.54, 1.807) is 0 Å². The summed E-state index contributed by atoms with van der Waals surface area (Å²) in [6, 6.07) is 0. The fourth-order valence-corrected chi connectivity index (χ4v) is 7.47. The molecule has 0 aromatic rings. The summed E-state index contributed by atoms with van der Waals surface area (Å²) in [5, 5.41) is 2.61. The molecule has 6 rings (SSSR count). The monoisotopic (exact) mass is 654 g/mol. The van der Waals surface area contributed by atoms with Gasteiger partial charge in [0.05, 0.1) is 56.4 Å². The number of amides is 1. The van der Waals surface area contributed by atoms with Gasteiger partial charge in [0.1, 0.15) is 6.10 Å². The highest BCUT2D eigenvalue weighted by Gasteiger charge is 2.47. The van der Waals surface area contributed by atoms with Gasteiger partial charge in [0.15, 0.2) is 5.79 Å². The lowest BCUT2D eigenvalue weighted by atomic mass is 9.85. The quantitative estimate of drug-likeness (QED) is 0.319. The summed E-state index contributed by atoms with van der Waals surface area (Å²) in [4.78, 5) is 10.5. The fourth-order valence-electron chi connectivity index (χ4n) is 7.47. The van der Waals surface area contributed by atoms with Gasteiger partial charge in [-0.1, -0.05) is 55.4 Å². The predicted octanol–water partition coefficient (Wildman–Crippen LogP) is 8.40. The summed E-state index contributed by atoms with van der Waals surface area (Å²) in [7, 11) is 0. The molecular formula is C38H71NO7. The minimum absolute atomic E-state index is 0.104. The highest BCUT2D eigenvalue weighted by molar-refractivity contribution is 5.69. The van der Waals surface area contributed by atoms with Gasteiger partial charge in [-0.25, -0.2) is 4.79 Å². The van der Waals surface area contributed by atoms with Crippen molar-refractivity contribution in [2.45, 2.75) is 170 Å². The van der Waals surface area contributed by atoms with Crippen LogP contribution < -0.4 is 5.32 Å². The third kappa shape index (κ3) is 12.8. The molecule has 4 heterocycles. The van der Waals surface area contributed by atoms with Crippen molar-refractivity contribution in [3.8, 4) is 0 Å². The van der Waals surface area contributed by atoms with Crippen LogP contribution >= 0.6 is 0 Å². The molecule has 7 atom stereocenters. The average Bonchev–Trinajstić information content (AvgIpc) is 3.71. The third-order valence-electron chi connectivity index (χ3n) is 10.7. The van der Waals surface area contributed by atoms with Gasteiger partial charge < -0.3 is 33.7 Å². The van der Waals surface area contributed by atoms with Gasteiger partial charge in [0, 0.05) is 0 Å². The van der Waals surface area contributed by atoms with Crippen LogP contribution in [0.5, 0.6) is 0 Å². The molecule has 0 aromatic heterocycles. The van der Waals surface area contributed by atoms with Gasteiger partial charge in [-0.3, -0.25) is 0 Å². The Labute approximate surface area is 282 Å². The fraction of sp³-hybridized carbons (Fsp3) is 0.974. The maximum absolute atomic E-state index is 10.5. The summed E-state index contributed by atoms with van der Waals surface area (Å²) in [5.74, 6) is 5.00. The highest BCUT2D eigenvalue weighted by Crippen LogP contribution is 2.43. The number of hydrogen-bond acceptors (Lipinski definition) is 7. The van der Waals surface area contributed by atoms with E-state index in [1.165, 1.54) is 38.5 Å². The Hall–Kier alpha value is -0.930. The van der Waals surface area contributed by atoms with Gasteiger partial charge in [-0.2, -0.15) is 0 Å². The molecule has 6 fully saturated rings. The number of ether oxygens (including phenoxy) is 6. The van der Waals surface area contributed by atoms with Crippen LogP contribution in [0.1, 0.15) is 128 Å². The zero-order valence-corrected chi connectivity index (χ0v) is 31.6. The Bertz CT molecular complexity index is 863. The van der Waals surface area contributed by atoms with Crippen LogP contribution in [-0.2, 0) is 28.4 Å². The Morgan fingerprint density at radius 3 is 1.57 bits per heavy atom. The zero-order valence-electron chi connectivity index (χ0n) is 31.6. The van der Waals surface area contributed by atoms with Crippen LogP contribution in [-0.4, -0.2) is 74.4 Å². The molecule has 0 radical (unpaired) electrons. The molecule has 46 heavy (non-hydrogen) atoms. The summed E-state index contributed by atoms with van der Waals surface area (Å²) in [5.41, 5.74) is 0.144. The standard InChI is InChI=1S/C11H20O2.C10H18O2.C10H20O.C7H13NO2/c1-7(2)8-5-9-10(6-8)13-11(3,4)12-9;1-7(2)8-5-9-10(6-8)12-4-3-11-9;1-8(2)9-5-6-10(3,4)11-7-9;1-5(2)3-6-4-8-7(9)10-6/h7-10H,5-6H2,1-4H3;7-10H,3-6H2,1-2H3;8-9H,5-7H2,1-4H3;5-6H,3-4H2,1-2H3,(H,8,9)/t8?,9-,10+;;;. The molecule has 5 unspecified atom stereocenters. The molecule has 2 saturated carbocycles.